The number of benzene rings is 1. The Hall–Kier alpha value is -2.15. The number of nitrogens with one attached hydrogen (secondary N) is 1. The highest BCUT2D eigenvalue weighted by Crippen LogP contribution is 2.29. The van der Waals surface area contributed by atoms with Crippen molar-refractivity contribution in [3.8, 4) is 5.75 Å². The predicted molar refractivity (Wildman–Crippen MR) is 80.3 cm³/mol. The molecular weight excluding hydrogens is 274 g/mol. The van der Waals surface area contributed by atoms with Gasteiger partial charge >= 0.3 is 0 Å². The van der Waals surface area contributed by atoms with Crippen LogP contribution in [0.4, 0.5) is 11.4 Å². The lowest BCUT2D eigenvalue weighted by atomic mass is 9.95. The first kappa shape index (κ1) is 16.9. The van der Waals surface area contributed by atoms with Crippen LogP contribution in [0.3, 0.4) is 0 Å². The molecule has 0 spiro atoms. The summed E-state index contributed by atoms with van der Waals surface area (Å²) in [7, 11) is 0. The Kier molecular flexibility index (Phi) is 6.10. The monoisotopic (exact) mass is 295 g/mol. The SMILES string of the molecule is CCOc1ccc(NC(=O)C(CN)C(C)C)c([N+](=O)[O-])c1. The Morgan fingerprint density at radius 1 is 1.48 bits per heavy atom. The number of amides is 1. The van der Waals surface area contributed by atoms with Crippen LogP contribution in [0, 0.1) is 22.0 Å². The number of rotatable bonds is 7. The van der Waals surface area contributed by atoms with Gasteiger partial charge in [-0.05, 0) is 25.0 Å². The number of nitrogens with two attached hydrogens (primary N) is 1. The quantitative estimate of drug-likeness (QED) is 0.592. The molecule has 116 valence electrons. The number of nitro groups is 1. The van der Waals surface area contributed by atoms with Crippen molar-refractivity contribution in [1.29, 1.82) is 0 Å². The molecule has 0 radical (unpaired) electrons. The van der Waals surface area contributed by atoms with E-state index in [9.17, 15) is 14.9 Å². The van der Waals surface area contributed by atoms with Crippen molar-refractivity contribution in [1.82, 2.24) is 0 Å². The van der Waals surface area contributed by atoms with Crippen molar-refractivity contribution in [2.75, 3.05) is 18.5 Å². The number of carbonyl (C=O) groups is 1. The molecule has 0 saturated carbocycles. The molecular formula is C14H21N3O4. The van der Waals surface area contributed by atoms with Gasteiger partial charge in [0, 0.05) is 6.54 Å². The molecule has 1 aromatic carbocycles. The number of hydrogen-bond acceptors (Lipinski definition) is 5. The predicted octanol–water partition coefficient (Wildman–Crippen LogP) is 2.16. The highest BCUT2D eigenvalue weighted by molar-refractivity contribution is 5.95. The van der Waals surface area contributed by atoms with Crippen LogP contribution in [0.2, 0.25) is 0 Å². The lowest BCUT2D eigenvalue weighted by molar-refractivity contribution is -0.384. The lowest BCUT2D eigenvalue weighted by Gasteiger charge is -2.18. The maximum Gasteiger partial charge on any atom is 0.296 e. The summed E-state index contributed by atoms with van der Waals surface area (Å²) in [5.41, 5.74) is 5.52. The first-order chi connectivity index (χ1) is 9.90. The molecule has 0 heterocycles. The molecule has 3 N–H and O–H groups in total. The molecule has 7 nitrogen and oxygen atoms in total. The Bertz CT molecular complexity index is 517. The first-order valence-electron chi connectivity index (χ1n) is 6.82. The molecule has 1 unspecified atom stereocenters. The highest BCUT2D eigenvalue weighted by Gasteiger charge is 2.24. The minimum Gasteiger partial charge on any atom is -0.494 e. The molecule has 7 heteroatoms. The minimum absolute atomic E-state index is 0.0526. The Labute approximate surface area is 123 Å². The van der Waals surface area contributed by atoms with Crippen LogP contribution in [0.25, 0.3) is 0 Å². The summed E-state index contributed by atoms with van der Waals surface area (Å²) < 4.78 is 5.23. The number of hydrogen-bond donors (Lipinski definition) is 2. The van der Waals surface area contributed by atoms with Gasteiger partial charge in [0.1, 0.15) is 11.4 Å². The number of nitro benzene ring substituents is 1. The van der Waals surface area contributed by atoms with Gasteiger partial charge in [0.15, 0.2) is 0 Å². The molecule has 1 amide bonds. The van der Waals surface area contributed by atoms with E-state index in [1.165, 1.54) is 12.1 Å². The van der Waals surface area contributed by atoms with Crippen molar-refractivity contribution in [2.24, 2.45) is 17.6 Å². The van der Waals surface area contributed by atoms with E-state index in [-0.39, 0.29) is 29.7 Å². The van der Waals surface area contributed by atoms with Gasteiger partial charge in [-0.25, -0.2) is 0 Å². The Morgan fingerprint density at radius 2 is 2.14 bits per heavy atom. The van der Waals surface area contributed by atoms with E-state index < -0.39 is 10.8 Å². The fourth-order valence-electron chi connectivity index (χ4n) is 1.93. The van der Waals surface area contributed by atoms with Gasteiger partial charge in [-0.1, -0.05) is 13.8 Å². The van der Waals surface area contributed by atoms with Crippen LogP contribution in [-0.4, -0.2) is 24.0 Å². The molecule has 0 aliphatic carbocycles. The number of carbonyl (C=O) groups excluding carboxylic acids is 1. The van der Waals surface area contributed by atoms with Gasteiger partial charge in [0.25, 0.3) is 5.69 Å². The zero-order valence-electron chi connectivity index (χ0n) is 12.5. The summed E-state index contributed by atoms with van der Waals surface area (Å²) in [4.78, 5) is 22.7. The number of ether oxygens (including phenoxy) is 1. The Balaban J connectivity index is 3.02. The van der Waals surface area contributed by atoms with Crippen molar-refractivity contribution in [3.63, 3.8) is 0 Å². The normalized spacial score (nSPS) is 12.0. The zero-order chi connectivity index (χ0) is 16.0. The van der Waals surface area contributed by atoms with Crippen LogP contribution >= 0.6 is 0 Å². The van der Waals surface area contributed by atoms with E-state index in [4.69, 9.17) is 10.5 Å². The summed E-state index contributed by atoms with van der Waals surface area (Å²) in [6.07, 6.45) is 0. The molecule has 0 saturated heterocycles. The molecule has 0 aliphatic heterocycles. The summed E-state index contributed by atoms with van der Waals surface area (Å²) >= 11 is 0. The molecule has 1 rings (SSSR count). The van der Waals surface area contributed by atoms with Crippen molar-refractivity contribution >= 4 is 17.3 Å². The third kappa shape index (κ3) is 4.42. The average Bonchev–Trinajstić information content (AvgIpc) is 2.40. The Morgan fingerprint density at radius 3 is 2.62 bits per heavy atom. The second-order valence-electron chi connectivity index (χ2n) is 4.94. The van der Waals surface area contributed by atoms with E-state index in [2.05, 4.69) is 5.32 Å². The molecule has 0 aromatic heterocycles. The van der Waals surface area contributed by atoms with E-state index in [1.54, 1.807) is 13.0 Å². The van der Waals surface area contributed by atoms with Crippen molar-refractivity contribution < 1.29 is 14.5 Å². The van der Waals surface area contributed by atoms with E-state index in [0.717, 1.165) is 0 Å². The number of nitrogens with zero attached hydrogens (tertiary/aromatic N) is 1. The summed E-state index contributed by atoms with van der Waals surface area (Å²) in [6.45, 7) is 6.14. The molecule has 0 fully saturated rings. The van der Waals surface area contributed by atoms with Gasteiger partial charge < -0.3 is 15.8 Å². The van der Waals surface area contributed by atoms with Gasteiger partial charge in [-0.15, -0.1) is 0 Å². The average molecular weight is 295 g/mol. The van der Waals surface area contributed by atoms with Crippen molar-refractivity contribution in [2.45, 2.75) is 20.8 Å². The molecule has 21 heavy (non-hydrogen) atoms. The third-order valence-corrected chi connectivity index (χ3v) is 3.13. The van der Waals surface area contributed by atoms with Gasteiger partial charge in [-0.2, -0.15) is 0 Å². The van der Waals surface area contributed by atoms with E-state index >= 15 is 0 Å². The molecule has 0 bridgehead atoms. The maximum absolute atomic E-state index is 12.1. The number of anilines is 1. The van der Waals surface area contributed by atoms with Crippen LogP contribution in [0.5, 0.6) is 5.75 Å². The first-order valence-corrected chi connectivity index (χ1v) is 6.82. The van der Waals surface area contributed by atoms with Crippen molar-refractivity contribution in [3.05, 3.63) is 28.3 Å². The fraction of sp³-hybridized carbons (Fsp3) is 0.500. The van der Waals surface area contributed by atoms with Crippen LogP contribution in [0.1, 0.15) is 20.8 Å². The smallest absolute Gasteiger partial charge is 0.296 e. The highest BCUT2D eigenvalue weighted by atomic mass is 16.6. The van der Waals surface area contributed by atoms with E-state index in [1.807, 2.05) is 13.8 Å². The topological polar surface area (TPSA) is 107 Å². The summed E-state index contributed by atoms with van der Waals surface area (Å²) in [5, 5.41) is 13.7. The maximum atomic E-state index is 12.1. The third-order valence-electron chi connectivity index (χ3n) is 3.13. The second kappa shape index (κ2) is 7.58. The largest absolute Gasteiger partial charge is 0.494 e. The molecule has 0 aliphatic rings. The zero-order valence-corrected chi connectivity index (χ0v) is 12.5. The van der Waals surface area contributed by atoms with Gasteiger partial charge in [0.2, 0.25) is 5.91 Å². The molecule has 1 aromatic rings. The molecule has 1 atom stereocenters. The minimum atomic E-state index is -0.551. The van der Waals surface area contributed by atoms with Crippen LogP contribution in [-0.2, 0) is 4.79 Å². The van der Waals surface area contributed by atoms with Gasteiger partial charge in [-0.3, -0.25) is 14.9 Å². The second-order valence-corrected chi connectivity index (χ2v) is 4.94. The fourth-order valence-corrected chi connectivity index (χ4v) is 1.93. The standard InChI is InChI=1S/C14H21N3O4/c1-4-21-10-5-6-12(13(7-10)17(19)20)16-14(18)11(8-15)9(2)3/h5-7,9,11H,4,8,15H2,1-3H3,(H,16,18). The summed E-state index contributed by atoms with van der Waals surface area (Å²) in [6, 6.07) is 4.35. The van der Waals surface area contributed by atoms with Gasteiger partial charge in [0.05, 0.1) is 23.5 Å². The van der Waals surface area contributed by atoms with Crippen LogP contribution < -0.4 is 15.8 Å². The lowest BCUT2D eigenvalue weighted by Crippen LogP contribution is -2.33. The van der Waals surface area contributed by atoms with Crippen LogP contribution in [0.15, 0.2) is 18.2 Å². The summed E-state index contributed by atoms with van der Waals surface area (Å²) in [5.74, 6) is -0.269. The van der Waals surface area contributed by atoms with E-state index in [0.29, 0.717) is 12.4 Å².